The van der Waals surface area contributed by atoms with Crippen molar-refractivity contribution < 1.29 is 13.6 Å². The van der Waals surface area contributed by atoms with Crippen LogP contribution in [0.2, 0.25) is 0 Å². The number of hydrogen-bond donors (Lipinski definition) is 3. The zero-order chi connectivity index (χ0) is 23.5. The minimum atomic E-state index is -0.285. The predicted molar refractivity (Wildman–Crippen MR) is 130 cm³/mol. The van der Waals surface area contributed by atoms with Crippen LogP contribution in [0.1, 0.15) is 41.1 Å². The van der Waals surface area contributed by atoms with E-state index in [-0.39, 0.29) is 29.5 Å². The van der Waals surface area contributed by atoms with Gasteiger partial charge in [0.1, 0.15) is 11.6 Å². The van der Waals surface area contributed by atoms with Gasteiger partial charge >= 0.3 is 0 Å². The van der Waals surface area contributed by atoms with Crippen LogP contribution in [0.5, 0.6) is 0 Å². The summed E-state index contributed by atoms with van der Waals surface area (Å²) in [6.45, 7) is 1.18. The van der Waals surface area contributed by atoms with E-state index in [9.17, 15) is 13.6 Å². The molecule has 0 bridgehead atoms. The molecule has 0 unspecified atom stereocenters. The largest absolute Gasteiger partial charge is 0.357 e. The SMILES string of the molecule is O=C(NCCCC(c1ccc(F)cc1)c1ccc(F)cc1)[C@@H]1Cc2c([nH]c3ccccc23)CN1. The molecular formula is C28H27F2N3O. The molecule has 0 radical (unpaired) electrons. The number of H-pyrrole nitrogens is 1. The standard InChI is InChI=1S/C28H27F2N3O/c29-20-11-7-18(8-12-20)22(19-9-13-21(30)14-10-19)5-3-15-31-28(34)26-16-24-23-4-1-2-6-25(23)33-27(24)17-32-26/h1-2,4,6-14,22,26,32-33H,3,5,15-17H2,(H,31,34)/t26-/m0/s1. The number of carbonyl (C=O) groups is 1. The first-order valence-electron chi connectivity index (χ1n) is 11.7. The summed E-state index contributed by atoms with van der Waals surface area (Å²) in [5.41, 5.74) is 5.40. The Morgan fingerprint density at radius 1 is 0.941 bits per heavy atom. The second-order valence-electron chi connectivity index (χ2n) is 8.85. The monoisotopic (exact) mass is 459 g/mol. The van der Waals surface area contributed by atoms with Gasteiger partial charge in [-0.3, -0.25) is 10.1 Å². The van der Waals surface area contributed by atoms with Crippen LogP contribution in [0.25, 0.3) is 10.9 Å². The molecule has 1 atom stereocenters. The van der Waals surface area contributed by atoms with Crippen LogP contribution in [0.15, 0.2) is 72.8 Å². The zero-order valence-corrected chi connectivity index (χ0v) is 18.8. The summed E-state index contributed by atoms with van der Waals surface area (Å²) >= 11 is 0. The molecule has 1 amide bonds. The molecule has 0 saturated heterocycles. The third-order valence-corrected chi connectivity index (χ3v) is 6.67. The molecule has 5 rings (SSSR count). The summed E-state index contributed by atoms with van der Waals surface area (Å²) < 4.78 is 26.9. The molecule has 174 valence electrons. The summed E-state index contributed by atoms with van der Waals surface area (Å²) in [5, 5.41) is 7.58. The molecule has 2 heterocycles. The van der Waals surface area contributed by atoms with E-state index in [1.165, 1.54) is 35.2 Å². The van der Waals surface area contributed by atoms with Crippen LogP contribution in [-0.2, 0) is 17.8 Å². The van der Waals surface area contributed by atoms with Gasteiger partial charge in [-0.25, -0.2) is 8.78 Å². The van der Waals surface area contributed by atoms with Gasteiger partial charge in [0.15, 0.2) is 0 Å². The van der Waals surface area contributed by atoms with Gasteiger partial charge in [0.25, 0.3) is 0 Å². The van der Waals surface area contributed by atoms with Gasteiger partial charge in [0.05, 0.1) is 6.04 Å². The number of hydrogen-bond acceptors (Lipinski definition) is 2. The van der Waals surface area contributed by atoms with Crippen molar-refractivity contribution in [3.8, 4) is 0 Å². The highest BCUT2D eigenvalue weighted by Crippen LogP contribution is 2.30. The smallest absolute Gasteiger partial charge is 0.237 e. The Labute approximate surface area is 197 Å². The number of aromatic amines is 1. The third kappa shape index (κ3) is 4.73. The number of rotatable bonds is 7. The maximum atomic E-state index is 13.4. The fraction of sp³-hybridized carbons (Fsp3) is 0.250. The normalized spacial score (nSPS) is 15.4. The Balaban J connectivity index is 1.20. The van der Waals surface area contributed by atoms with Gasteiger partial charge in [-0.05, 0) is 66.3 Å². The molecule has 1 aliphatic rings. The van der Waals surface area contributed by atoms with E-state index in [4.69, 9.17) is 0 Å². The molecular weight excluding hydrogens is 432 g/mol. The average Bonchev–Trinajstić information content (AvgIpc) is 3.23. The molecule has 0 spiro atoms. The number of benzene rings is 3. The highest BCUT2D eigenvalue weighted by atomic mass is 19.1. The summed E-state index contributed by atoms with van der Waals surface area (Å²) in [4.78, 5) is 16.3. The minimum absolute atomic E-state index is 0.000291. The number of halogens is 2. The van der Waals surface area contributed by atoms with Crippen molar-refractivity contribution in [1.29, 1.82) is 0 Å². The predicted octanol–water partition coefficient (Wildman–Crippen LogP) is 5.19. The molecule has 6 heteroatoms. The Bertz CT molecular complexity index is 1240. The molecule has 1 aliphatic heterocycles. The van der Waals surface area contributed by atoms with Gasteiger partial charge in [-0.1, -0.05) is 42.5 Å². The first-order chi connectivity index (χ1) is 16.6. The highest BCUT2D eigenvalue weighted by molar-refractivity contribution is 5.88. The lowest BCUT2D eigenvalue weighted by molar-refractivity contribution is -0.123. The lowest BCUT2D eigenvalue weighted by Gasteiger charge is -2.24. The third-order valence-electron chi connectivity index (χ3n) is 6.67. The van der Waals surface area contributed by atoms with Crippen LogP contribution in [0, 0.1) is 11.6 Å². The molecule has 3 N–H and O–H groups in total. The van der Waals surface area contributed by atoms with Crippen LogP contribution < -0.4 is 10.6 Å². The number of carbonyl (C=O) groups excluding carboxylic acids is 1. The van der Waals surface area contributed by atoms with Gasteiger partial charge in [-0.15, -0.1) is 0 Å². The topological polar surface area (TPSA) is 56.9 Å². The minimum Gasteiger partial charge on any atom is -0.357 e. The van der Waals surface area contributed by atoms with E-state index in [0.29, 0.717) is 19.5 Å². The van der Waals surface area contributed by atoms with Crippen molar-refractivity contribution in [1.82, 2.24) is 15.6 Å². The van der Waals surface area contributed by atoms with Crippen LogP contribution in [-0.4, -0.2) is 23.5 Å². The molecule has 0 fully saturated rings. The molecule has 34 heavy (non-hydrogen) atoms. The summed E-state index contributed by atoms with van der Waals surface area (Å²) in [5.74, 6) is -0.574. The zero-order valence-electron chi connectivity index (χ0n) is 18.8. The van der Waals surface area contributed by atoms with Crippen molar-refractivity contribution in [3.05, 3.63) is 107 Å². The maximum Gasteiger partial charge on any atom is 0.237 e. The number of amides is 1. The van der Waals surface area contributed by atoms with Crippen molar-refractivity contribution in [2.45, 2.75) is 37.8 Å². The Kier molecular flexibility index (Phi) is 6.41. The van der Waals surface area contributed by atoms with Gasteiger partial charge in [-0.2, -0.15) is 0 Å². The first-order valence-corrected chi connectivity index (χ1v) is 11.7. The van der Waals surface area contributed by atoms with Gasteiger partial charge < -0.3 is 10.3 Å². The van der Waals surface area contributed by atoms with E-state index in [1.54, 1.807) is 24.3 Å². The maximum absolute atomic E-state index is 13.4. The van der Waals surface area contributed by atoms with Gasteiger partial charge in [0, 0.05) is 35.6 Å². The van der Waals surface area contributed by atoms with Gasteiger partial charge in [0.2, 0.25) is 5.91 Å². The van der Waals surface area contributed by atoms with E-state index < -0.39 is 0 Å². The second kappa shape index (κ2) is 9.77. The number of para-hydroxylation sites is 1. The van der Waals surface area contributed by atoms with Crippen molar-refractivity contribution in [2.75, 3.05) is 6.54 Å². The fourth-order valence-electron chi connectivity index (χ4n) is 4.88. The van der Waals surface area contributed by atoms with Crippen LogP contribution >= 0.6 is 0 Å². The number of nitrogens with one attached hydrogen (secondary N) is 3. The first kappa shape index (κ1) is 22.3. The summed E-state index contributed by atoms with van der Waals surface area (Å²) in [7, 11) is 0. The molecule has 0 aliphatic carbocycles. The number of fused-ring (bicyclic) bond motifs is 3. The summed E-state index contributed by atoms with van der Waals surface area (Å²) in [6.07, 6.45) is 2.15. The second-order valence-corrected chi connectivity index (χ2v) is 8.85. The Morgan fingerprint density at radius 2 is 1.59 bits per heavy atom. The van der Waals surface area contributed by atoms with Crippen LogP contribution in [0.4, 0.5) is 8.78 Å². The fourth-order valence-corrected chi connectivity index (χ4v) is 4.88. The van der Waals surface area contributed by atoms with E-state index in [1.807, 2.05) is 12.1 Å². The molecule has 3 aromatic carbocycles. The number of aromatic nitrogens is 1. The average molecular weight is 460 g/mol. The lowest BCUT2D eigenvalue weighted by atomic mass is 9.87. The quantitative estimate of drug-likeness (QED) is 0.333. The molecule has 0 saturated carbocycles. The van der Waals surface area contributed by atoms with Crippen molar-refractivity contribution in [3.63, 3.8) is 0 Å². The van der Waals surface area contributed by atoms with E-state index in [2.05, 4.69) is 27.8 Å². The Hall–Kier alpha value is -3.51. The molecule has 1 aromatic heterocycles. The molecule has 4 aromatic rings. The molecule has 4 nitrogen and oxygen atoms in total. The van der Waals surface area contributed by atoms with E-state index >= 15 is 0 Å². The van der Waals surface area contributed by atoms with Crippen molar-refractivity contribution >= 4 is 16.8 Å². The highest BCUT2D eigenvalue weighted by Gasteiger charge is 2.26. The van der Waals surface area contributed by atoms with Crippen molar-refractivity contribution in [2.24, 2.45) is 0 Å². The van der Waals surface area contributed by atoms with E-state index in [0.717, 1.165) is 35.2 Å². The Morgan fingerprint density at radius 3 is 2.26 bits per heavy atom. The van der Waals surface area contributed by atoms with Crippen LogP contribution in [0.3, 0.4) is 0 Å². The summed E-state index contributed by atoms with van der Waals surface area (Å²) in [6, 6.07) is 20.8. The lowest BCUT2D eigenvalue weighted by Crippen LogP contribution is -2.47.